The molecule has 0 aromatic carbocycles. The Labute approximate surface area is 73.6 Å². The van der Waals surface area contributed by atoms with Gasteiger partial charge in [0.05, 0.1) is 5.54 Å². The smallest absolute Gasteiger partial charge is 0.0563 e. The molecule has 1 aliphatic carbocycles. The van der Waals surface area contributed by atoms with Crippen molar-refractivity contribution in [1.82, 2.24) is 9.88 Å². The van der Waals surface area contributed by atoms with Crippen molar-refractivity contribution in [1.29, 1.82) is 0 Å². The predicted molar refractivity (Wildman–Crippen MR) is 50.2 cm³/mol. The highest BCUT2D eigenvalue weighted by atomic mass is 15.1. The molecule has 66 valence electrons. The van der Waals surface area contributed by atoms with E-state index in [-0.39, 0.29) is 0 Å². The molecule has 0 saturated heterocycles. The number of nitrogens with zero attached hydrogens (tertiary/aromatic N) is 1. The third-order valence-electron chi connectivity index (χ3n) is 2.94. The van der Waals surface area contributed by atoms with Crippen LogP contribution in [0.1, 0.15) is 19.3 Å². The van der Waals surface area contributed by atoms with Crippen molar-refractivity contribution >= 4 is 0 Å². The molecule has 1 aliphatic rings. The first-order chi connectivity index (χ1) is 5.87. The highest BCUT2D eigenvalue weighted by molar-refractivity contribution is 5.03. The maximum Gasteiger partial charge on any atom is 0.0563 e. The van der Waals surface area contributed by atoms with E-state index in [0.717, 1.165) is 6.54 Å². The molecule has 1 heterocycles. The van der Waals surface area contributed by atoms with Gasteiger partial charge in [-0.3, -0.25) is 0 Å². The van der Waals surface area contributed by atoms with Gasteiger partial charge in [0.1, 0.15) is 0 Å². The highest BCUT2D eigenvalue weighted by Crippen LogP contribution is 2.38. The molecule has 12 heavy (non-hydrogen) atoms. The Morgan fingerprint density at radius 2 is 2.00 bits per heavy atom. The zero-order valence-corrected chi connectivity index (χ0v) is 7.59. The largest absolute Gasteiger partial charge is 0.347 e. The molecule has 1 N–H and O–H groups in total. The SMILES string of the molecule is CNCC1(n2cccc2)CCC1. The minimum atomic E-state index is 0.401. The molecule has 1 fully saturated rings. The zero-order valence-electron chi connectivity index (χ0n) is 7.59. The first kappa shape index (κ1) is 7.87. The zero-order chi connectivity index (χ0) is 8.44. The molecule has 2 rings (SSSR count). The summed E-state index contributed by atoms with van der Waals surface area (Å²) >= 11 is 0. The van der Waals surface area contributed by atoms with Crippen molar-refractivity contribution in [3.63, 3.8) is 0 Å². The topological polar surface area (TPSA) is 17.0 Å². The van der Waals surface area contributed by atoms with Gasteiger partial charge in [0.15, 0.2) is 0 Å². The second-order valence-electron chi connectivity index (χ2n) is 3.70. The van der Waals surface area contributed by atoms with E-state index in [9.17, 15) is 0 Å². The van der Waals surface area contributed by atoms with Crippen LogP contribution in [0.4, 0.5) is 0 Å². The Kier molecular flexibility index (Phi) is 1.93. The van der Waals surface area contributed by atoms with E-state index in [4.69, 9.17) is 0 Å². The van der Waals surface area contributed by atoms with E-state index in [2.05, 4.69) is 34.4 Å². The summed E-state index contributed by atoms with van der Waals surface area (Å²) in [6, 6.07) is 4.21. The fraction of sp³-hybridized carbons (Fsp3) is 0.600. The van der Waals surface area contributed by atoms with Gasteiger partial charge in [-0.05, 0) is 38.4 Å². The molecule has 1 saturated carbocycles. The molecule has 1 aromatic heterocycles. The average Bonchev–Trinajstić information content (AvgIpc) is 2.48. The van der Waals surface area contributed by atoms with E-state index < -0.39 is 0 Å². The van der Waals surface area contributed by atoms with Crippen LogP contribution >= 0.6 is 0 Å². The second-order valence-corrected chi connectivity index (χ2v) is 3.70. The van der Waals surface area contributed by atoms with E-state index in [1.165, 1.54) is 19.3 Å². The average molecular weight is 164 g/mol. The Balaban J connectivity index is 2.17. The summed E-state index contributed by atoms with van der Waals surface area (Å²) in [5.41, 5.74) is 0.401. The van der Waals surface area contributed by atoms with Gasteiger partial charge in [0, 0.05) is 18.9 Å². The summed E-state index contributed by atoms with van der Waals surface area (Å²) in [6.45, 7) is 1.10. The molecule has 0 bridgehead atoms. The highest BCUT2D eigenvalue weighted by Gasteiger charge is 2.37. The van der Waals surface area contributed by atoms with E-state index in [0.29, 0.717) is 5.54 Å². The number of hydrogen-bond acceptors (Lipinski definition) is 1. The second kappa shape index (κ2) is 2.94. The number of rotatable bonds is 3. The summed E-state index contributed by atoms with van der Waals surface area (Å²) in [5.74, 6) is 0. The van der Waals surface area contributed by atoms with Crippen LogP contribution in [0.5, 0.6) is 0 Å². The van der Waals surface area contributed by atoms with Gasteiger partial charge in [-0.1, -0.05) is 0 Å². The fourth-order valence-electron chi connectivity index (χ4n) is 2.09. The molecule has 0 unspecified atom stereocenters. The number of hydrogen-bond donors (Lipinski definition) is 1. The van der Waals surface area contributed by atoms with Gasteiger partial charge < -0.3 is 9.88 Å². The lowest BCUT2D eigenvalue weighted by Crippen LogP contribution is -2.47. The van der Waals surface area contributed by atoms with E-state index in [1.54, 1.807) is 0 Å². The van der Waals surface area contributed by atoms with Crippen molar-refractivity contribution < 1.29 is 0 Å². The molecule has 0 atom stereocenters. The van der Waals surface area contributed by atoms with Crippen LogP contribution < -0.4 is 5.32 Å². The molecular formula is C10H16N2. The Morgan fingerprint density at radius 1 is 1.33 bits per heavy atom. The van der Waals surface area contributed by atoms with Crippen molar-refractivity contribution in [2.24, 2.45) is 0 Å². The van der Waals surface area contributed by atoms with E-state index >= 15 is 0 Å². The van der Waals surface area contributed by atoms with Gasteiger partial charge >= 0.3 is 0 Å². The van der Waals surface area contributed by atoms with Gasteiger partial charge in [-0.25, -0.2) is 0 Å². The lowest BCUT2D eigenvalue weighted by atomic mass is 9.76. The Morgan fingerprint density at radius 3 is 2.42 bits per heavy atom. The normalized spacial score (nSPS) is 20.4. The minimum Gasteiger partial charge on any atom is -0.347 e. The summed E-state index contributed by atoms with van der Waals surface area (Å²) in [4.78, 5) is 0. The van der Waals surface area contributed by atoms with Crippen molar-refractivity contribution in [3.05, 3.63) is 24.5 Å². The summed E-state index contributed by atoms with van der Waals surface area (Å²) in [5, 5.41) is 3.28. The van der Waals surface area contributed by atoms with Crippen molar-refractivity contribution in [3.8, 4) is 0 Å². The molecule has 1 aromatic rings. The van der Waals surface area contributed by atoms with Crippen LogP contribution in [-0.4, -0.2) is 18.2 Å². The first-order valence-corrected chi connectivity index (χ1v) is 4.65. The number of aromatic nitrogens is 1. The summed E-state index contributed by atoms with van der Waals surface area (Å²) in [6.07, 6.45) is 8.37. The number of likely N-dealkylation sites (N-methyl/N-ethyl adjacent to an activating group) is 1. The summed E-state index contributed by atoms with van der Waals surface area (Å²) in [7, 11) is 2.03. The molecule has 0 spiro atoms. The molecule has 2 heteroatoms. The van der Waals surface area contributed by atoms with Crippen LogP contribution in [0.2, 0.25) is 0 Å². The molecular weight excluding hydrogens is 148 g/mol. The molecule has 0 radical (unpaired) electrons. The van der Waals surface area contributed by atoms with Crippen LogP contribution in [0.15, 0.2) is 24.5 Å². The Hall–Kier alpha value is -0.760. The van der Waals surface area contributed by atoms with Gasteiger partial charge in [-0.2, -0.15) is 0 Å². The molecule has 2 nitrogen and oxygen atoms in total. The van der Waals surface area contributed by atoms with Gasteiger partial charge in [0.25, 0.3) is 0 Å². The third-order valence-corrected chi connectivity index (χ3v) is 2.94. The van der Waals surface area contributed by atoms with Gasteiger partial charge in [-0.15, -0.1) is 0 Å². The minimum absolute atomic E-state index is 0.401. The van der Waals surface area contributed by atoms with Crippen molar-refractivity contribution in [2.45, 2.75) is 24.8 Å². The molecule has 0 aliphatic heterocycles. The van der Waals surface area contributed by atoms with Crippen molar-refractivity contribution in [2.75, 3.05) is 13.6 Å². The number of nitrogens with one attached hydrogen (secondary N) is 1. The first-order valence-electron chi connectivity index (χ1n) is 4.65. The quantitative estimate of drug-likeness (QED) is 0.717. The lowest BCUT2D eigenvalue weighted by Gasteiger charge is -2.43. The maximum atomic E-state index is 3.28. The Bertz CT molecular complexity index is 234. The lowest BCUT2D eigenvalue weighted by molar-refractivity contribution is 0.143. The molecule has 0 amide bonds. The monoisotopic (exact) mass is 164 g/mol. The van der Waals surface area contributed by atoms with Crippen LogP contribution in [0.3, 0.4) is 0 Å². The third kappa shape index (κ3) is 1.07. The van der Waals surface area contributed by atoms with Gasteiger partial charge in [0.2, 0.25) is 0 Å². The predicted octanol–water partition coefficient (Wildman–Crippen LogP) is 1.59. The van der Waals surface area contributed by atoms with Crippen LogP contribution in [0, 0.1) is 0 Å². The fourth-order valence-corrected chi connectivity index (χ4v) is 2.09. The maximum absolute atomic E-state index is 3.28. The van der Waals surface area contributed by atoms with Crippen LogP contribution in [0.25, 0.3) is 0 Å². The summed E-state index contributed by atoms with van der Waals surface area (Å²) < 4.78 is 2.35. The van der Waals surface area contributed by atoms with E-state index in [1.807, 2.05) is 7.05 Å². The van der Waals surface area contributed by atoms with Crippen LogP contribution in [-0.2, 0) is 5.54 Å². The standard InChI is InChI=1S/C10H16N2/c1-11-9-10(5-4-6-10)12-7-2-3-8-12/h2-3,7-8,11H,4-6,9H2,1H3.